The van der Waals surface area contributed by atoms with E-state index in [1.165, 1.54) is 0 Å². The summed E-state index contributed by atoms with van der Waals surface area (Å²) in [6, 6.07) is 0. The maximum Gasteiger partial charge on any atom is 0.306 e. The number of carbonyl (C=O) groups excluding carboxylic acids is 1. The number of unbranched alkanes of at least 4 members (excludes halogenated alkanes) is 2. The van der Waals surface area contributed by atoms with Crippen molar-refractivity contribution < 1.29 is 19.4 Å². The molecule has 0 saturated carbocycles. The average molecular weight is 260 g/mol. The second-order valence-electron chi connectivity index (χ2n) is 4.08. The Morgan fingerprint density at radius 1 is 1.33 bits per heavy atom. The van der Waals surface area contributed by atoms with Crippen LogP contribution in [0.4, 0.5) is 0 Å². The topological polar surface area (TPSA) is 102 Å². The second-order valence-corrected chi connectivity index (χ2v) is 4.08. The highest BCUT2D eigenvalue weighted by Gasteiger charge is 2.14. The lowest BCUT2D eigenvalue weighted by Crippen LogP contribution is -2.35. The summed E-state index contributed by atoms with van der Waals surface area (Å²) < 4.78 is 5.23. The Morgan fingerprint density at radius 3 is 2.61 bits per heavy atom. The molecule has 0 aromatic heterocycles. The Bertz CT molecular complexity index is 246. The number of carboxylic acid groups (broad SMARTS) is 1. The molecule has 0 aromatic rings. The minimum atomic E-state index is -0.925. The molecule has 0 aliphatic carbocycles. The van der Waals surface area contributed by atoms with E-state index >= 15 is 0 Å². The third-order valence-electron chi connectivity index (χ3n) is 2.44. The van der Waals surface area contributed by atoms with Crippen LogP contribution in [0.5, 0.6) is 0 Å². The molecule has 0 aliphatic heterocycles. The van der Waals surface area contributed by atoms with Gasteiger partial charge in [-0.1, -0.05) is 6.42 Å². The molecule has 6 nitrogen and oxygen atoms in total. The summed E-state index contributed by atoms with van der Waals surface area (Å²) in [5.74, 6) is -0.993. The highest BCUT2D eigenvalue weighted by Crippen LogP contribution is 2.00. The number of amides is 1. The smallest absolute Gasteiger partial charge is 0.306 e. The van der Waals surface area contributed by atoms with Gasteiger partial charge in [0.05, 0.1) is 12.5 Å². The first kappa shape index (κ1) is 16.9. The number of carboxylic acids is 1. The van der Waals surface area contributed by atoms with E-state index in [2.05, 4.69) is 5.32 Å². The number of nitrogens with one attached hydrogen (secondary N) is 1. The fraction of sp³-hybridized carbons (Fsp3) is 0.833. The summed E-state index contributed by atoms with van der Waals surface area (Å²) in [5.41, 5.74) is 5.35. The molecule has 0 rings (SSSR count). The van der Waals surface area contributed by atoms with E-state index in [0.29, 0.717) is 19.6 Å². The number of hydrogen-bond donors (Lipinski definition) is 3. The molecule has 0 radical (unpaired) electrons. The molecule has 0 saturated heterocycles. The summed E-state index contributed by atoms with van der Waals surface area (Å²) in [6.07, 6.45) is 2.57. The van der Waals surface area contributed by atoms with Crippen LogP contribution in [0.2, 0.25) is 0 Å². The largest absolute Gasteiger partial charge is 0.481 e. The number of rotatable bonds is 11. The van der Waals surface area contributed by atoms with Crippen LogP contribution in [-0.2, 0) is 14.3 Å². The third kappa shape index (κ3) is 10.0. The van der Waals surface area contributed by atoms with Gasteiger partial charge in [0.15, 0.2) is 0 Å². The van der Waals surface area contributed by atoms with Crippen LogP contribution in [0.1, 0.15) is 39.0 Å². The van der Waals surface area contributed by atoms with Crippen LogP contribution in [0.3, 0.4) is 0 Å². The van der Waals surface area contributed by atoms with Gasteiger partial charge in [0, 0.05) is 19.6 Å². The standard InChI is InChI=1S/C12H24N2O4/c1-2-18-10(8-12(16)17)9-14-11(15)6-4-3-5-7-13/h10H,2-9,13H2,1H3,(H,14,15)(H,16,17). The lowest BCUT2D eigenvalue weighted by Gasteiger charge is -2.15. The lowest BCUT2D eigenvalue weighted by molar-refractivity contribution is -0.140. The monoisotopic (exact) mass is 260 g/mol. The van der Waals surface area contributed by atoms with E-state index < -0.39 is 12.1 Å². The molecule has 1 amide bonds. The average Bonchev–Trinajstić information content (AvgIpc) is 2.31. The number of nitrogens with two attached hydrogens (primary N) is 1. The summed E-state index contributed by atoms with van der Waals surface area (Å²) in [6.45, 7) is 3.12. The zero-order valence-corrected chi connectivity index (χ0v) is 11.0. The predicted molar refractivity (Wildman–Crippen MR) is 68.2 cm³/mol. The molecule has 0 aliphatic rings. The van der Waals surface area contributed by atoms with Crippen molar-refractivity contribution in [2.75, 3.05) is 19.7 Å². The van der Waals surface area contributed by atoms with Crippen molar-refractivity contribution in [1.29, 1.82) is 0 Å². The van der Waals surface area contributed by atoms with Gasteiger partial charge >= 0.3 is 5.97 Å². The van der Waals surface area contributed by atoms with Gasteiger partial charge in [-0.05, 0) is 26.3 Å². The summed E-state index contributed by atoms with van der Waals surface area (Å²) in [4.78, 5) is 22.0. The van der Waals surface area contributed by atoms with Crippen LogP contribution < -0.4 is 11.1 Å². The molecule has 0 heterocycles. The quantitative estimate of drug-likeness (QED) is 0.470. The van der Waals surface area contributed by atoms with Gasteiger partial charge in [-0.3, -0.25) is 9.59 Å². The Morgan fingerprint density at radius 2 is 2.06 bits per heavy atom. The number of hydrogen-bond acceptors (Lipinski definition) is 4. The van der Waals surface area contributed by atoms with Crippen molar-refractivity contribution in [2.24, 2.45) is 5.73 Å². The first-order valence-corrected chi connectivity index (χ1v) is 6.40. The zero-order chi connectivity index (χ0) is 13.8. The highest BCUT2D eigenvalue weighted by atomic mass is 16.5. The molecule has 0 bridgehead atoms. The number of carbonyl (C=O) groups is 2. The van der Waals surface area contributed by atoms with Gasteiger partial charge in [-0.15, -0.1) is 0 Å². The van der Waals surface area contributed by atoms with Crippen molar-refractivity contribution in [3.8, 4) is 0 Å². The van der Waals surface area contributed by atoms with E-state index in [-0.39, 0.29) is 18.9 Å². The summed E-state index contributed by atoms with van der Waals surface area (Å²) in [5, 5.41) is 11.4. The Balaban J connectivity index is 3.74. The first-order valence-electron chi connectivity index (χ1n) is 6.40. The lowest BCUT2D eigenvalue weighted by atomic mass is 10.2. The third-order valence-corrected chi connectivity index (χ3v) is 2.44. The molecule has 6 heteroatoms. The van der Waals surface area contributed by atoms with Gasteiger partial charge in [-0.2, -0.15) is 0 Å². The van der Waals surface area contributed by atoms with Crippen molar-refractivity contribution in [1.82, 2.24) is 5.32 Å². The van der Waals surface area contributed by atoms with Crippen molar-refractivity contribution >= 4 is 11.9 Å². The normalized spacial score (nSPS) is 12.1. The minimum Gasteiger partial charge on any atom is -0.481 e. The maximum absolute atomic E-state index is 11.5. The predicted octanol–water partition coefficient (Wildman–Crippen LogP) is 0.502. The number of aliphatic carboxylic acids is 1. The van der Waals surface area contributed by atoms with E-state index in [1.54, 1.807) is 6.92 Å². The molecule has 106 valence electrons. The molecule has 0 aromatic carbocycles. The highest BCUT2D eigenvalue weighted by molar-refractivity contribution is 5.76. The molecule has 4 N–H and O–H groups in total. The zero-order valence-electron chi connectivity index (χ0n) is 11.0. The minimum absolute atomic E-state index is 0.0675. The van der Waals surface area contributed by atoms with E-state index in [4.69, 9.17) is 15.6 Å². The molecular formula is C12H24N2O4. The van der Waals surface area contributed by atoms with Gasteiger partial charge in [0.2, 0.25) is 5.91 Å². The Hall–Kier alpha value is -1.14. The van der Waals surface area contributed by atoms with Crippen LogP contribution in [-0.4, -0.2) is 42.8 Å². The van der Waals surface area contributed by atoms with E-state index in [0.717, 1.165) is 19.3 Å². The fourth-order valence-corrected chi connectivity index (χ4v) is 1.54. The first-order chi connectivity index (χ1) is 8.60. The van der Waals surface area contributed by atoms with Crippen LogP contribution in [0, 0.1) is 0 Å². The summed E-state index contributed by atoms with van der Waals surface area (Å²) >= 11 is 0. The van der Waals surface area contributed by atoms with Crippen molar-refractivity contribution in [3.05, 3.63) is 0 Å². The van der Waals surface area contributed by atoms with Gasteiger partial charge in [-0.25, -0.2) is 0 Å². The van der Waals surface area contributed by atoms with Crippen molar-refractivity contribution in [2.45, 2.75) is 45.1 Å². The Labute approximate surface area is 108 Å². The molecular weight excluding hydrogens is 236 g/mol. The SMILES string of the molecule is CCOC(CNC(=O)CCCCCN)CC(=O)O. The van der Waals surface area contributed by atoms with Gasteiger partial charge in [0.25, 0.3) is 0 Å². The molecule has 0 fully saturated rings. The maximum atomic E-state index is 11.5. The van der Waals surface area contributed by atoms with Gasteiger partial charge in [0.1, 0.15) is 0 Å². The number of ether oxygens (including phenoxy) is 1. The molecule has 0 spiro atoms. The Kier molecular flexibility index (Phi) is 10.3. The molecule has 1 atom stereocenters. The molecule has 18 heavy (non-hydrogen) atoms. The second kappa shape index (κ2) is 11.0. The van der Waals surface area contributed by atoms with E-state index in [1.807, 2.05) is 0 Å². The fourth-order valence-electron chi connectivity index (χ4n) is 1.54. The van der Waals surface area contributed by atoms with Crippen molar-refractivity contribution in [3.63, 3.8) is 0 Å². The molecule has 1 unspecified atom stereocenters. The van der Waals surface area contributed by atoms with Crippen LogP contribution in [0.15, 0.2) is 0 Å². The van der Waals surface area contributed by atoms with E-state index in [9.17, 15) is 9.59 Å². The van der Waals surface area contributed by atoms with Crippen LogP contribution >= 0.6 is 0 Å². The van der Waals surface area contributed by atoms with Crippen LogP contribution in [0.25, 0.3) is 0 Å². The van der Waals surface area contributed by atoms with Gasteiger partial charge < -0.3 is 20.9 Å². The summed E-state index contributed by atoms with van der Waals surface area (Å²) in [7, 11) is 0.